The maximum absolute atomic E-state index is 4.46. The molecule has 6 rings (SSSR count). The van der Waals surface area contributed by atoms with Crippen molar-refractivity contribution in [1.82, 2.24) is 19.9 Å². The first kappa shape index (κ1) is 13.9. The molecule has 3 fully saturated rings. The van der Waals surface area contributed by atoms with Crippen LogP contribution >= 0.6 is 22.7 Å². The summed E-state index contributed by atoms with van der Waals surface area (Å²) in [6.07, 6.45) is 4.76. The summed E-state index contributed by atoms with van der Waals surface area (Å²) in [5, 5.41) is 11.0. The summed E-state index contributed by atoms with van der Waals surface area (Å²) in [5.41, 5.74) is 1.01. The standard InChI is InChI=1S/C17H18N4S2/c1-2-16(22-9-1)17-4-3-15(23-17)13-10-21(19-18-13)14-11-20-7-5-12(14)6-8-20/h1-4,9-10,12,14H,5-8,11H2/t14-/m0/s1. The molecule has 23 heavy (non-hydrogen) atoms. The largest absolute Gasteiger partial charge is 0.301 e. The molecule has 3 aromatic rings. The van der Waals surface area contributed by atoms with E-state index in [-0.39, 0.29) is 0 Å². The average Bonchev–Trinajstić information content (AvgIpc) is 3.35. The highest BCUT2D eigenvalue weighted by molar-refractivity contribution is 7.23. The fourth-order valence-corrected chi connectivity index (χ4v) is 5.60. The fourth-order valence-electron chi connectivity index (χ4n) is 3.81. The monoisotopic (exact) mass is 342 g/mol. The minimum Gasteiger partial charge on any atom is -0.301 e. The Hall–Kier alpha value is -1.50. The lowest BCUT2D eigenvalue weighted by Crippen LogP contribution is -2.48. The second kappa shape index (κ2) is 5.54. The third-order valence-electron chi connectivity index (χ3n) is 5.09. The molecule has 6 heteroatoms. The van der Waals surface area contributed by atoms with Crippen LogP contribution in [0.2, 0.25) is 0 Å². The molecule has 0 aromatic carbocycles. The van der Waals surface area contributed by atoms with Gasteiger partial charge in [-0.25, -0.2) is 4.68 Å². The first-order chi connectivity index (χ1) is 11.4. The number of thiophene rings is 2. The van der Waals surface area contributed by atoms with Crippen molar-refractivity contribution < 1.29 is 0 Å². The van der Waals surface area contributed by atoms with Crippen molar-refractivity contribution >= 4 is 22.7 Å². The van der Waals surface area contributed by atoms with Crippen molar-refractivity contribution in [2.24, 2.45) is 5.92 Å². The molecule has 3 saturated heterocycles. The van der Waals surface area contributed by atoms with Crippen molar-refractivity contribution in [3.8, 4) is 20.3 Å². The topological polar surface area (TPSA) is 34.0 Å². The average molecular weight is 342 g/mol. The quantitative estimate of drug-likeness (QED) is 0.721. The summed E-state index contributed by atoms with van der Waals surface area (Å²) in [6.45, 7) is 3.66. The lowest BCUT2D eigenvalue weighted by atomic mass is 9.84. The molecule has 3 aliphatic rings. The lowest BCUT2D eigenvalue weighted by Gasteiger charge is -2.44. The Balaban J connectivity index is 1.41. The molecule has 1 atom stereocenters. The third-order valence-corrected chi connectivity index (χ3v) is 7.27. The van der Waals surface area contributed by atoms with E-state index in [0.29, 0.717) is 6.04 Å². The molecule has 0 N–H and O–H groups in total. The second-order valence-corrected chi connectivity index (χ2v) is 8.46. The molecule has 0 radical (unpaired) electrons. The van der Waals surface area contributed by atoms with Crippen molar-refractivity contribution in [1.29, 1.82) is 0 Å². The first-order valence-electron chi connectivity index (χ1n) is 8.15. The molecule has 2 bridgehead atoms. The summed E-state index contributed by atoms with van der Waals surface area (Å²) in [4.78, 5) is 6.41. The van der Waals surface area contributed by atoms with Gasteiger partial charge in [-0.05, 0) is 55.4 Å². The highest BCUT2D eigenvalue weighted by Gasteiger charge is 2.35. The van der Waals surface area contributed by atoms with Crippen molar-refractivity contribution in [2.45, 2.75) is 18.9 Å². The molecule has 0 aliphatic carbocycles. The van der Waals surface area contributed by atoms with Crippen LogP contribution in [0.4, 0.5) is 0 Å². The van der Waals surface area contributed by atoms with Crippen LogP contribution in [0.25, 0.3) is 20.3 Å². The summed E-state index contributed by atoms with van der Waals surface area (Å²) < 4.78 is 2.12. The molecular formula is C17H18N4S2. The van der Waals surface area contributed by atoms with Crippen LogP contribution in [0.5, 0.6) is 0 Å². The minimum atomic E-state index is 0.510. The summed E-state index contributed by atoms with van der Waals surface area (Å²) in [6, 6.07) is 9.15. The Morgan fingerprint density at radius 1 is 1.04 bits per heavy atom. The van der Waals surface area contributed by atoms with Crippen LogP contribution in [0, 0.1) is 5.92 Å². The molecule has 0 spiro atoms. The maximum atomic E-state index is 4.46. The lowest BCUT2D eigenvalue weighted by molar-refractivity contribution is 0.0504. The molecule has 0 unspecified atom stereocenters. The van der Waals surface area contributed by atoms with Crippen LogP contribution in [-0.2, 0) is 0 Å². The Bertz CT molecular complexity index is 796. The Morgan fingerprint density at radius 2 is 1.91 bits per heavy atom. The number of fused-ring (bicyclic) bond motifs is 3. The van der Waals surface area contributed by atoms with E-state index >= 15 is 0 Å². The van der Waals surface area contributed by atoms with E-state index in [1.54, 1.807) is 22.7 Å². The van der Waals surface area contributed by atoms with Crippen LogP contribution in [0.15, 0.2) is 35.8 Å². The van der Waals surface area contributed by atoms with E-state index < -0.39 is 0 Å². The van der Waals surface area contributed by atoms with E-state index in [1.807, 2.05) is 0 Å². The fraction of sp³-hybridized carbons (Fsp3) is 0.412. The summed E-state index contributed by atoms with van der Waals surface area (Å²) in [7, 11) is 0. The number of hydrogen-bond acceptors (Lipinski definition) is 5. The van der Waals surface area contributed by atoms with E-state index in [1.165, 1.54) is 40.6 Å². The van der Waals surface area contributed by atoms with Crippen LogP contribution in [0.1, 0.15) is 18.9 Å². The molecule has 4 nitrogen and oxygen atoms in total. The Kier molecular flexibility index (Phi) is 3.35. The van der Waals surface area contributed by atoms with Crippen molar-refractivity contribution in [3.63, 3.8) is 0 Å². The zero-order chi connectivity index (χ0) is 15.2. The number of piperidine rings is 3. The van der Waals surface area contributed by atoms with Gasteiger partial charge in [0.05, 0.1) is 17.1 Å². The molecule has 3 aliphatic heterocycles. The van der Waals surface area contributed by atoms with Gasteiger partial charge in [-0.1, -0.05) is 11.3 Å². The molecule has 6 heterocycles. The van der Waals surface area contributed by atoms with Gasteiger partial charge in [0.1, 0.15) is 5.69 Å². The third kappa shape index (κ3) is 2.45. The van der Waals surface area contributed by atoms with Crippen LogP contribution in [-0.4, -0.2) is 39.5 Å². The number of aromatic nitrogens is 3. The predicted molar refractivity (Wildman–Crippen MR) is 94.8 cm³/mol. The molecule has 3 aromatic heterocycles. The van der Waals surface area contributed by atoms with Gasteiger partial charge >= 0.3 is 0 Å². The molecular weight excluding hydrogens is 324 g/mol. The van der Waals surface area contributed by atoms with Crippen LogP contribution in [0.3, 0.4) is 0 Å². The van der Waals surface area contributed by atoms with E-state index in [0.717, 1.165) is 18.2 Å². The Labute approximate surface area is 143 Å². The van der Waals surface area contributed by atoms with Gasteiger partial charge in [0.15, 0.2) is 0 Å². The van der Waals surface area contributed by atoms with Crippen molar-refractivity contribution in [3.05, 3.63) is 35.8 Å². The zero-order valence-corrected chi connectivity index (χ0v) is 14.4. The normalized spacial score (nSPS) is 26.7. The Morgan fingerprint density at radius 3 is 2.65 bits per heavy atom. The molecule has 118 valence electrons. The highest BCUT2D eigenvalue weighted by atomic mass is 32.1. The zero-order valence-electron chi connectivity index (χ0n) is 12.8. The molecule has 0 saturated carbocycles. The maximum Gasteiger partial charge on any atom is 0.123 e. The van der Waals surface area contributed by atoms with Gasteiger partial charge in [-0.15, -0.1) is 27.8 Å². The highest BCUT2D eigenvalue weighted by Crippen LogP contribution is 2.38. The number of nitrogens with zero attached hydrogens (tertiary/aromatic N) is 4. The van der Waals surface area contributed by atoms with E-state index in [2.05, 4.69) is 55.7 Å². The summed E-state index contributed by atoms with van der Waals surface area (Å²) in [5.74, 6) is 0.777. The van der Waals surface area contributed by atoms with Gasteiger partial charge in [-0.3, -0.25) is 0 Å². The van der Waals surface area contributed by atoms with Gasteiger partial charge in [0, 0.05) is 16.3 Å². The van der Waals surface area contributed by atoms with Gasteiger partial charge in [0.25, 0.3) is 0 Å². The number of hydrogen-bond donors (Lipinski definition) is 0. The molecule has 0 amide bonds. The van der Waals surface area contributed by atoms with E-state index in [4.69, 9.17) is 0 Å². The summed E-state index contributed by atoms with van der Waals surface area (Å²) >= 11 is 3.59. The van der Waals surface area contributed by atoms with Gasteiger partial charge < -0.3 is 4.90 Å². The minimum absolute atomic E-state index is 0.510. The first-order valence-corrected chi connectivity index (χ1v) is 9.85. The van der Waals surface area contributed by atoms with Crippen LogP contribution < -0.4 is 0 Å². The van der Waals surface area contributed by atoms with E-state index in [9.17, 15) is 0 Å². The predicted octanol–water partition coefficient (Wildman–Crippen LogP) is 4.00. The van der Waals surface area contributed by atoms with Gasteiger partial charge in [-0.2, -0.15) is 0 Å². The van der Waals surface area contributed by atoms with Crippen molar-refractivity contribution in [2.75, 3.05) is 19.6 Å². The number of rotatable bonds is 3. The SMILES string of the molecule is c1csc(-c2ccc(-c3cn([C@H]4CN5CCC4CC5)nn3)s2)c1. The smallest absolute Gasteiger partial charge is 0.123 e. The van der Waals surface area contributed by atoms with Gasteiger partial charge in [0.2, 0.25) is 0 Å². The second-order valence-electron chi connectivity index (χ2n) is 6.43.